The lowest BCUT2D eigenvalue weighted by Gasteiger charge is -2.35. The molecule has 12 aromatic rings. The average molecular weight is 897 g/mol. The summed E-state index contributed by atoms with van der Waals surface area (Å²) in [7, 11) is -2.76. The Kier molecular flexibility index (Phi) is 11.0. The second kappa shape index (κ2) is 18.1. The van der Waals surface area contributed by atoms with Crippen molar-refractivity contribution >= 4 is 67.7 Å². The van der Waals surface area contributed by atoms with Crippen LogP contribution >= 0.6 is 0 Å². The van der Waals surface area contributed by atoms with Gasteiger partial charge in [-0.3, -0.25) is 0 Å². The molecule has 1 aromatic heterocycles. The van der Waals surface area contributed by atoms with E-state index in [9.17, 15) is 0 Å². The first-order valence-corrected chi connectivity index (χ1v) is 25.8. The Morgan fingerprint density at radius 3 is 1.23 bits per heavy atom. The maximum absolute atomic E-state index is 2.76. The van der Waals surface area contributed by atoms with Crippen molar-refractivity contribution in [2.24, 2.45) is 0 Å². The van der Waals surface area contributed by atoms with Gasteiger partial charge in [-0.25, -0.2) is 0 Å². The van der Waals surface area contributed by atoms with Gasteiger partial charge in [-0.2, -0.15) is 0 Å². The fourth-order valence-corrected chi connectivity index (χ4v) is 15.5. The molecule has 0 N–H and O–H groups in total. The monoisotopic (exact) mass is 896 g/mol. The largest absolute Gasteiger partial charge is 0.310 e. The van der Waals surface area contributed by atoms with Crippen molar-refractivity contribution in [3.8, 4) is 39.1 Å². The van der Waals surface area contributed by atoms with Crippen LogP contribution in [-0.4, -0.2) is 12.6 Å². The van der Waals surface area contributed by atoms with Crippen molar-refractivity contribution in [2.45, 2.75) is 0 Å². The molecule has 0 saturated heterocycles. The molecule has 0 saturated carbocycles. The zero-order valence-corrected chi connectivity index (χ0v) is 39.1. The van der Waals surface area contributed by atoms with Gasteiger partial charge >= 0.3 is 0 Å². The molecule has 0 bridgehead atoms. The second-order valence-corrected chi connectivity index (χ2v) is 21.4. The van der Waals surface area contributed by atoms with Crippen LogP contribution in [0, 0.1) is 0 Å². The summed E-state index contributed by atoms with van der Waals surface area (Å²) in [4.78, 5) is 2.46. The van der Waals surface area contributed by atoms with Gasteiger partial charge in [0.15, 0.2) is 8.07 Å². The minimum Gasteiger partial charge on any atom is -0.310 e. The van der Waals surface area contributed by atoms with E-state index < -0.39 is 8.07 Å². The third-order valence-electron chi connectivity index (χ3n) is 13.8. The molecule has 11 aromatic carbocycles. The molecule has 3 heteroatoms. The molecule has 12 rings (SSSR count). The van der Waals surface area contributed by atoms with Crippen LogP contribution in [0.2, 0.25) is 0 Å². The molecule has 0 aliphatic heterocycles. The third-order valence-corrected chi connectivity index (χ3v) is 18.6. The van der Waals surface area contributed by atoms with Gasteiger partial charge in [0, 0.05) is 33.3 Å². The van der Waals surface area contributed by atoms with Crippen molar-refractivity contribution in [1.29, 1.82) is 0 Å². The smallest absolute Gasteiger partial charge is 0.179 e. The Morgan fingerprint density at radius 2 is 0.681 bits per heavy atom. The quantitative estimate of drug-likeness (QED) is 0.0928. The van der Waals surface area contributed by atoms with Crippen LogP contribution in [0.15, 0.2) is 291 Å². The van der Waals surface area contributed by atoms with E-state index in [1.165, 1.54) is 59.2 Å². The lowest BCUT2D eigenvalue weighted by atomic mass is 9.92. The minimum atomic E-state index is -2.76. The molecule has 69 heavy (non-hydrogen) atoms. The van der Waals surface area contributed by atoms with E-state index in [2.05, 4.69) is 301 Å². The van der Waals surface area contributed by atoms with E-state index >= 15 is 0 Å². The summed E-state index contributed by atoms with van der Waals surface area (Å²) < 4.78 is 2.44. The number of aromatic nitrogens is 1. The van der Waals surface area contributed by atoms with Gasteiger partial charge in [0.2, 0.25) is 0 Å². The van der Waals surface area contributed by atoms with Gasteiger partial charge < -0.3 is 9.47 Å². The first-order valence-electron chi connectivity index (χ1n) is 23.8. The number of hydrogen-bond donors (Lipinski definition) is 0. The molecule has 0 amide bonds. The maximum atomic E-state index is 2.46. The summed E-state index contributed by atoms with van der Waals surface area (Å²) in [6.07, 6.45) is 0. The molecule has 0 spiro atoms. The Morgan fingerprint density at radius 1 is 0.275 bits per heavy atom. The number of nitrogens with zero attached hydrogens (tertiary/aromatic N) is 2. The number of rotatable bonds is 11. The Balaban J connectivity index is 1.08. The summed E-state index contributed by atoms with van der Waals surface area (Å²) >= 11 is 0. The van der Waals surface area contributed by atoms with E-state index in [1.54, 1.807) is 0 Å². The predicted octanol–water partition coefficient (Wildman–Crippen LogP) is 14.6. The highest BCUT2D eigenvalue weighted by atomic mass is 28.3. The van der Waals surface area contributed by atoms with E-state index in [1.807, 2.05) is 0 Å². The molecule has 1 heterocycles. The third kappa shape index (κ3) is 7.37. The lowest BCUT2D eigenvalue weighted by Crippen LogP contribution is -2.74. The van der Waals surface area contributed by atoms with Crippen molar-refractivity contribution < 1.29 is 0 Å². The highest BCUT2D eigenvalue weighted by Gasteiger charge is 2.41. The van der Waals surface area contributed by atoms with Crippen LogP contribution in [0.3, 0.4) is 0 Å². The van der Waals surface area contributed by atoms with Crippen LogP contribution in [0.4, 0.5) is 17.1 Å². The maximum Gasteiger partial charge on any atom is 0.179 e. The number of anilines is 3. The normalized spacial score (nSPS) is 11.5. The van der Waals surface area contributed by atoms with Crippen LogP contribution in [0.5, 0.6) is 0 Å². The van der Waals surface area contributed by atoms with E-state index in [4.69, 9.17) is 0 Å². The number of fused-ring (bicyclic) bond motifs is 3. The summed E-state index contributed by atoms with van der Waals surface area (Å²) in [6.45, 7) is 0. The molecule has 0 aliphatic carbocycles. The highest BCUT2D eigenvalue weighted by Crippen LogP contribution is 2.45. The highest BCUT2D eigenvalue weighted by molar-refractivity contribution is 7.19. The molecular weight excluding hydrogens is 849 g/mol. The Labute approximate surface area is 405 Å². The zero-order chi connectivity index (χ0) is 46.0. The summed E-state index contributed by atoms with van der Waals surface area (Å²) in [5.74, 6) is 0. The van der Waals surface area contributed by atoms with Crippen LogP contribution in [-0.2, 0) is 0 Å². The predicted molar refractivity (Wildman–Crippen MR) is 295 cm³/mol. The SMILES string of the molecule is c1ccc(-c2cc(N(c3ccc([Si](c4ccccc4)(c4ccccc4)c4ccccc4)cc3)c3ccccc3-c3ccccc3)ccc2-c2ccccc2-n2c3ccccc3c3ccccc32)cc1. The number of hydrogen-bond acceptors (Lipinski definition) is 1. The van der Waals surface area contributed by atoms with Gasteiger partial charge in [0.05, 0.1) is 22.4 Å². The van der Waals surface area contributed by atoms with Crippen molar-refractivity contribution in [2.75, 3.05) is 4.90 Å². The molecule has 0 fully saturated rings. The van der Waals surface area contributed by atoms with Gasteiger partial charge in [-0.15, -0.1) is 0 Å². The summed E-state index contributed by atoms with van der Waals surface area (Å²) in [5, 5.41) is 7.88. The molecule has 0 unspecified atom stereocenters. The van der Waals surface area contributed by atoms with Crippen LogP contribution in [0.1, 0.15) is 0 Å². The van der Waals surface area contributed by atoms with E-state index in [0.29, 0.717) is 0 Å². The topological polar surface area (TPSA) is 8.17 Å². The average Bonchev–Trinajstić information content (AvgIpc) is 3.77. The Hall–Kier alpha value is -8.76. The number of para-hydroxylation sites is 4. The van der Waals surface area contributed by atoms with Gasteiger partial charge in [0.25, 0.3) is 0 Å². The van der Waals surface area contributed by atoms with Crippen molar-refractivity contribution in [3.63, 3.8) is 0 Å². The summed E-state index contributed by atoms with van der Waals surface area (Å²) in [5.41, 5.74) is 13.7. The lowest BCUT2D eigenvalue weighted by molar-refractivity contribution is 1.18. The first-order chi connectivity index (χ1) is 34.3. The molecule has 0 atom stereocenters. The number of benzene rings is 11. The van der Waals surface area contributed by atoms with Gasteiger partial charge in [-0.1, -0.05) is 243 Å². The van der Waals surface area contributed by atoms with Gasteiger partial charge in [-0.05, 0) is 91.5 Å². The van der Waals surface area contributed by atoms with E-state index in [0.717, 1.165) is 39.4 Å². The Bertz CT molecular complexity index is 3550. The minimum absolute atomic E-state index is 1.07. The van der Waals surface area contributed by atoms with Gasteiger partial charge in [0.1, 0.15) is 0 Å². The van der Waals surface area contributed by atoms with Crippen molar-refractivity contribution in [3.05, 3.63) is 291 Å². The summed E-state index contributed by atoms with van der Waals surface area (Å²) in [6, 6.07) is 107. The fraction of sp³-hybridized carbons (Fsp3) is 0. The second-order valence-electron chi connectivity index (χ2n) is 17.6. The molecular formula is C66H48N2Si. The molecule has 326 valence electrons. The first kappa shape index (κ1) is 41.7. The van der Waals surface area contributed by atoms with Crippen molar-refractivity contribution in [1.82, 2.24) is 4.57 Å². The fourth-order valence-electron chi connectivity index (χ4n) is 10.7. The molecule has 0 aliphatic rings. The molecule has 0 radical (unpaired) electrons. The molecule has 2 nitrogen and oxygen atoms in total. The van der Waals surface area contributed by atoms with E-state index in [-0.39, 0.29) is 0 Å². The van der Waals surface area contributed by atoms with Crippen LogP contribution in [0.25, 0.3) is 60.9 Å². The van der Waals surface area contributed by atoms with Crippen LogP contribution < -0.4 is 25.6 Å². The standard InChI is InChI=1S/C66H48N2Si/c1-6-24-49(25-7-1)57-34-16-20-38-63(57)67(51-42-45-56(46-43-51)69(53-28-10-3-11-29-53,54-30-12-4-13-31-54)55-32-14-5-15-33-55)52-44-47-58(62(48-52)50-26-8-2-9-27-50)59-35-17-21-39-64(59)68-65-40-22-18-36-60(65)61-37-19-23-41-66(61)68/h1-48H. The zero-order valence-electron chi connectivity index (χ0n) is 38.1.